The molecule has 0 aliphatic heterocycles. The number of thioether (sulfide) groups is 1. The van der Waals surface area contributed by atoms with E-state index < -0.39 is 17.0 Å². The summed E-state index contributed by atoms with van der Waals surface area (Å²) in [5.74, 6) is -1.25. The molecular formula is C26H20FN3O2S. The lowest BCUT2D eigenvalue weighted by molar-refractivity contribution is -0.115. The summed E-state index contributed by atoms with van der Waals surface area (Å²) < 4.78 is 13.8. The van der Waals surface area contributed by atoms with Gasteiger partial charge in [-0.2, -0.15) is 0 Å². The first kappa shape index (κ1) is 22.2. The highest BCUT2D eigenvalue weighted by Crippen LogP contribution is 2.36. The molecule has 1 heterocycles. The summed E-state index contributed by atoms with van der Waals surface area (Å²) in [6.07, 6.45) is 3.24. The largest absolute Gasteiger partial charge is 0.325 e. The van der Waals surface area contributed by atoms with Crippen molar-refractivity contribution in [2.24, 2.45) is 0 Å². The van der Waals surface area contributed by atoms with E-state index in [1.165, 1.54) is 30.0 Å². The van der Waals surface area contributed by atoms with E-state index in [9.17, 15) is 14.0 Å². The number of nitrogens with one attached hydrogen (secondary N) is 2. The van der Waals surface area contributed by atoms with Gasteiger partial charge in [-0.15, -0.1) is 11.8 Å². The summed E-state index contributed by atoms with van der Waals surface area (Å²) in [4.78, 5) is 30.2. The number of anilines is 2. The molecule has 5 nitrogen and oxygen atoms in total. The standard InChI is InChI=1S/C26H20FN3O2S/c27-23-9-5-4-8-22(23)25(31)29-19-10-12-21(13-11-19)33-24(18-6-2-1-3-7-18)26(32)30-20-14-16-28-17-15-20/h1-17,24H,(H,29,31)(H,28,30,32). The first-order chi connectivity index (χ1) is 16.1. The summed E-state index contributed by atoms with van der Waals surface area (Å²) >= 11 is 1.40. The predicted molar refractivity (Wildman–Crippen MR) is 129 cm³/mol. The monoisotopic (exact) mass is 457 g/mol. The number of carbonyl (C=O) groups excluding carboxylic acids is 2. The van der Waals surface area contributed by atoms with E-state index in [-0.39, 0.29) is 11.5 Å². The molecule has 4 aromatic rings. The molecule has 0 bridgehead atoms. The molecule has 4 rings (SSSR count). The predicted octanol–water partition coefficient (Wildman–Crippen LogP) is 5.95. The molecule has 1 unspecified atom stereocenters. The molecule has 0 saturated heterocycles. The van der Waals surface area contributed by atoms with Gasteiger partial charge < -0.3 is 10.6 Å². The second kappa shape index (κ2) is 10.6. The van der Waals surface area contributed by atoms with Gasteiger partial charge >= 0.3 is 0 Å². The molecule has 7 heteroatoms. The summed E-state index contributed by atoms with van der Waals surface area (Å²) in [6.45, 7) is 0. The molecule has 164 valence electrons. The van der Waals surface area contributed by atoms with Gasteiger partial charge in [-0.05, 0) is 54.1 Å². The van der Waals surface area contributed by atoms with Crippen LogP contribution in [0.1, 0.15) is 21.2 Å². The molecule has 0 spiro atoms. The minimum atomic E-state index is -0.576. The van der Waals surface area contributed by atoms with E-state index in [4.69, 9.17) is 0 Å². The van der Waals surface area contributed by atoms with Crippen LogP contribution in [-0.4, -0.2) is 16.8 Å². The van der Waals surface area contributed by atoms with Crippen molar-refractivity contribution in [3.8, 4) is 0 Å². The number of rotatable bonds is 7. The third kappa shape index (κ3) is 5.84. The van der Waals surface area contributed by atoms with E-state index in [0.717, 1.165) is 10.5 Å². The highest BCUT2D eigenvalue weighted by Gasteiger charge is 2.22. The van der Waals surface area contributed by atoms with Crippen LogP contribution in [-0.2, 0) is 4.79 Å². The van der Waals surface area contributed by atoms with Crippen LogP contribution in [0.5, 0.6) is 0 Å². The number of carbonyl (C=O) groups is 2. The highest BCUT2D eigenvalue weighted by molar-refractivity contribution is 8.00. The van der Waals surface area contributed by atoms with Crippen molar-refractivity contribution >= 4 is 35.0 Å². The van der Waals surface area contributed by atoms with Gasteiger partial charge in [0, 0.05) is 28.7 Å². The first-order valence-electron chi connectivity index (χ1n) is 10.2. The van der Waals surface area contributed by atoms with Crippen molar-refractivity contribution in [2.45, 2.75) is 10.1 Å². The zero-order valence-corrected chi connectivity index (χ0v) is 18.3. The fourth-order valence-corrected chi connectivity index (χ4v) is 4.17. The molecule has 0 fully saturated rings. The number of hydrogen-bond donors (Lipinski definition) is 2. The molecule has 1 aromatic heterocycles. The Labute approximate surface area is 195 Å². The molecule has 1 atom stereocenters. The fourth-order valence-electron chi connectivity index (χ4n) is 3.14. The number of halogens is 1. The van der Waals surface area contributed by atoms with Gasteiger partial charge in [-0.25, -0.2) is 4.39 Å². The second-order valence-corrected chi connectivity index (χ2v) is 8.27. The molecule has 2 N–H and O–H groups in total. The average Bonchev–Trinajstić information content (AvgIpc) is 2.85. The number of aromatic nitrogens is 1. The van der Waals surface area contributed by atoms with Gasteiger partial charge in [-0.3, -0.25) is 14.6 Å². The molecular weight excluding hydrogens is 437 g/mol. The van der Waals surface area contributed by atoms with E-state index in [1.54, 1.807) is 42.7 Å². The third-order valence-electron chi connectivity index (χ3n) is 4.77. The quantitative estimate of drug-likeness (QED) is 0.337. The number of benzene rings is 3. The van der Waals surface area contributed by atoms with Gasteiger partial charge in [0.25, 0.3) is 5.91 Å². The van der Waals surface area contributed by atoms with Crippen LogP contribution >= 0.6 is 11.8 Å². The maximum atomic E-state index is 13.8. The summed E-state index contributed by atoms with van der Waals surface area (Å²) in [7, 11) is 0. The Morgan fingerprint density at radius 1 is 0.758 bits per heavy atom. The number of nitrogens with zero attached hydrogens (tertiary/aromatic N) is 1. The zero-order valence-electron chi connectivity index (χ0n) is 17.4. The van der Waals surface area contributed by atoms with E-state index in [1.807, 2.05) is 42.5 Å². The molecule has 2 amide bonds. The van der Waals surface area contributed by atoms with Crippen LogP contribution in [0.2, 0.25) is 0 Å². The zero-order chi connectivity index (χ0) is 23.0. The van der Waals surface area contributed by atoms with Crippen molar-refractivity contribution in [1.82, 2.24) is 4.98 Å². The van der Waals surface area contributed by atoms with Crippen LogP contribution in [0, 0.1) is 5.82 Å². The maximum absolute atomic E-state index is 13.8. The highest BCUT2D eigenvalue weighted by atomic mass is 32.2. The second-order valence-electron chi connectivity index (χ2n) is 7.09. The smallest absolute Gasteiger partial charge is 0.258 e. The molecule has 0 saturated carbocycles. The lowest BCUT2D eigenvalue weighted by Gasteiger charge is -2.17. The van der Waals surface area contributed by atoms with Gasteiger partial charge in [0.1, 0.15) is 11.1 Å². The van der Waals surface area contributed by atoms with Crippen LogP contribution < -0.4 is 10.6 Å². The lowest BCUT2D eigenvalue weighted by atomic mass is 10.1. The Morgan fingerprint density at radius 3 is 2.09 bits per heavy atom. The van der Waals surface area contributed by atoms with Crippen LogP contribution in [0.4, 0.5) is 15.8 Å². The van der Waals surface area contributed by atoms with E-state index >= 15 is 0 Å². The number of pyridine rings is 1. The van der Waals surface area contributed by atoms with Gasteiger partial charge in [0.2, 0.25) is 5.91 Å². The van der Waals surface area contributed by atoms with Crippen LogP contribution in [0.3, 0.4) is 0 Å². The van der Waals surface area contributed by atoms with Gasteiger partial charge in [0.15, 0.2) is 0 Å². The van der Waals surface area contributed by atoms with Gasteiger partial charge in [-0.1, -0.05) is 42.5 Å². The minimum Gasteiger partial charge on any atom is -0.325 e. The lowest BCUT2D eigenvalue weighted by Crippen LogP contribution is -2.19. The summed E-state index contributed by atoms with van der Waals surface area (Å²) in [5, 5.41) is 5.13. The Hall–Kier alpha value is -3.97. The van der Waals surface area contributed by atoms with Crippen molar-refractivity contribution in [1.29, 1.82) is 0 Å². The average molecular weight is 458 g/mol. The number of amides is 2. The minimum absolute atomic E-state index is 0.0205. The van der Waals surface area contributed by atoms with Crippen molar-refractivity contribution in [3.63, 3.8) is 0 Å². The van der Waals surface area contributed by atoms with Crippen molar-refractivity contribution in [3.05, 3.63) is 120 Å². The van der Waals surface area contributed by atoms with Crippen molar-refractivity contribution < 1.29 is 14.0 Å². The van der Waals surface area contributed by atoms with Gasteiger partial charge in [0.05, 0.1) is 5.56 Å². The summed E-state index contributed by atoms with van der Waals surface area (Å²) in [5.41, 5.74) is 2.05. The maximum Gasteiger partial charge on any atom is 0.258 e. The SMILES string of the molecule is O=C(Nc1ccc(SC(C(=O)Nc2ccncc2)c2ccccc2)cc1)c1ccccc1F. The number of hydrogen-bond acceptors (Lipinski definition) is 4. The molecule has 0 radical (unpaired) electrons. The fraction of sp³-hybridized carbons (Fsp3) is 0.0385. The third-order valence-corrected chi connectivity index (χ3v) is 6.04. The topological polar surface area (TPSA) is 71.1 Å². The first-order valence-corrected chi connectivity index (χ1v) is 11.1. The van der Waals surface area contributed by atoms with E-state index in [0.29, 0.717) is 11.4 Å². The van der Waals surface area contributed by atoms with Crippen LogP contribution in [0.15, 0.2) is 108 Å². The Bertz CT molecular complexity index is 1240. The normalized spacial score (nSPS) is 11.4. The van der Waals surface area contributed by atoms with Crippen LogP contribution in [0.25, 0.3) is 0 Å². The molecule has 3 aromatic carbocycles. The Balaban J connectivity index is 1.49. The molecule has 0 aliphatic rings. The molecule has 33 heavy (non-hydrogen) atoms. The molecule has 0 aliphatic carbocycles. The Morgan fingerprint density at radius 2 is 1.39 bits per heavy atom. The summed E-state index contributed by atoms with van der Waals surface area (Å²) in [6, 6.07) is 25.9. The van der Waals surface area contributed by atoms with E-state index in [2.05, 4.69) is 15.6 Å². The van der Waals surface area contributed by atoms with Crippen molar-refractivity contribution in [2.75, 3.05) is 10.6 Å². The Kier molecular flexibility index (Phi) is 7.12.